The van der Waals surface area contributed by atoms with Gasteiger partial charge in [-0.2, -0.15) is 0 Å². The van der Waals surface area contributed by atoms with Crippen LogP contribution in [0.5, 0.6) is 5.75 Å². The van der Waals surface area contributed by atoms with E-state index in [1.807, 2.05) is 0 Å². The van der Waals surface area contributed by atoms with E-state index in [-0.39, 0.29) is 24.1 Å². The Labute approximate surface area is 207 Å². The van der Waals surface area contributed by atoms with Crippen LogP contribution in [-0.2, 0) is 28.2 Å². The van der Waals surface area contributed by atoms with Gasteiger partial charge in [0.05, 0.1) is 0 Å². The molecular formula is C25H30FN5O5. The highest BCUT2D eigenvalue weighted by molar-refractivity contribution is 6.34. The summed E-state index contributed by atoms with van der Waals surface area (Å²) in [6.07, 6.45) is 2.33. The first-order chi connectivity index (χ1) is 17.0. The fourth-order valence-corrected chi connectivity index (χ4v) is 5.14. The third-order valence-corrected chi connectivity index (χ3v) is 7.36. The maximum Gasteiger partial charge on any atom is 0.312 e. The molecule has 0 radical (unpaired) electrons. The van der Waals surface area contributed by atoms with E-state index in [1.165, 1.54) is 47.6 Å². The summed E-state index contributed by atoms with van der Waals surface area (Å²) in [5, 5.41) is 13.3. The summed E-state index contributed by atoms with van der Waals surface area (Å²) in [6.45, 7) is 1.94. The number of aromatic nitrogens is 2. The fourth-order valence-electron chi connectivity index (χ4n) is 5.14. The smallest absolute Gasteiger partial charge is 0.312 e. The van der Waals surface area contributed by atoms with Crippen molar-refractivity contribution in [3.8, 4) is 5.75 Å². The normalized spacial score (nSPS) is 20.3. The van der Waals surface area contributed by atoms with Crippen molar-refractivity contribution < 1.29 is 23.9 Å². The molecule has 3 amide bonds. The van der Waals surface area contributed by atoms with Gasteiger partial charge in [-0.1, -0.05) is 12.1 Å². The van der Waals surface area contributed by atoms with Gasteiger partial charge < -0.3 is 20.2 Å². The van der Waals surface area contributed by atoms with Crippen molar-refractivity contribution in [2.24, 2.45) is 5.92 Å². The van der Waals surface area contributed by atoms with Gasteiger partial charge in [0, 0.05) is 34.2 Å². The Kier molecular flexibility index (Phi) is 6.59. The van der Waals surface area contributed by atoms with Gasteiger partial charge in [-0.05, 0) is 55.7 Å². The summed E-state index contributed by atoms with van der Waals surface area (Å²) < 4.78 is 14.9. The molecule has 11 heteroatoms. The Hall–Kier alpha value is -3.76. The molecule has 0 spiro atoms. The number of fused-ring (bicyclic) bond motifs is 2. The van der Waals surface area contributed by atoms with Gasteiger partial charge in [0.25, 0.3) is 11.5 Å². The summed E-state index contributed by atoms with van der Waals surface area (Å²) >= 11 is 0. The molecule has 5 rings (SSSR count). The highest BCUT2D eigenvalue weighted by Gasteiger charge is 2.50. The van der Waals surface area contributed by atoms with Crippen molar-refractivity contribution in [2.45, 2.75) is 51.2 Å². The molecular weight excluding hydrogens is 469 g/mol. The number of hydrogen-bond acceptors (Lipinski definition) is 6. The number of aryl methyl sites for hydroxylation is 1. The van der Waals surface area contributed by atoms with Gasteiger partial charge in [-0.3, -0.25) is 23.7 Å². The molecule has 1 aromatic carbocycles. The molecule has 0 atom stereocenters. The van der Waals surface area contributed by atoms with Crippen LogP contribution in [0.2, 0.25) is 0 Å². The standard InChI is InChI=1S/C25H30FN5O5/c1-14-11-16(5-6-17(14)26)12-27-20(33)18-19(32)21(34)31-13-15-7-9-25(10-8-15,24(31)28-18)30(4)23(36)22(35)29(2)3/h5-6,11,15,32H,7-10,12-13H2,1-4H3,(H,27,33). The number of hydrogen-bond donors (Lipinski definition) is 2. The lowest BCUT2D eigenvalue weighted by molar-refractivity contribution is -0.154. The summed E-state index contributed by atoms with van der Waals surface area (Å²) in [4.78, 5) is 58.7. The van der Waals surface area contributed by atoms with Crippen LogP contribution in [0.4, 0.5) is 4.39 Å². The topological polar surface area (TPSA) is 125 Å². The monoisotopic (exact) mass is 499 g/mol. The SMILES string of the molecule is Cc1cc(CNC(=O)c2nc3n(c(=O)c2O)CC2CCC3(N(C)C(=O)C(=O)N(C)C)CC2)ccc1F. The van der Waals surface area contributed by atoms with Gasteiger partial charge in [-0.25, -0.2) is 9.37 Å². The highest BCUT2D eigenvalue weighted by Crippen LogP contribution is 2.46. The first kappa shape index (κ1) is 25.3. The van der Waals surface area contributed by atoms with Gasteiger partial charge in [-0.15, -0.1) is 0 Å². The zero-order valence-electron chi connectivity index (χ0n) is 20.8. The van der Waals surface area contributed by atoms with Crippen molar-refractivity contribution in [3.63, 3.8) is 0 Å². The van der Waals surface area contributed by atoms with Crippen molar-refractivity contribution >= 4 is 17.7 Å². The first-order valence-corrected chi connectivity index (χ1v) is 11.8. The zero-order chi connectivity index (χ0) is 26.4. The minimum atomic E-state index is -1.08. The predicted octanol–water partition coefficient (Wildman–Crippen LogP) is 1.27. The number of amides is 3. The molecule has 3 aliphatic rings. The fraction of sp³-hybridized carbons (Fsp3) is 0.480. The highest BCUT2D eigenvalue weighted by atomic mass is 19.1. The molecule has 10 nitrogen and oxygen atoms in total. The van der Waals surface area contributed by atoms with Gasteiger partial charge in [0.1, 0.15) is 17.2 Å². The van der Waals surface area contributed by atoms with Crippen molar-refractivity contribution in [2.75, 3.05) is 21.1 Å². The van der Waals surface area contributed by atoms with Crippen molar-refractivity contribution in [1.82, 2.24) is 24.7 Å². The molecule has 1 aromatic heterocycles. The molecule has 0 saturated heterocycles. The number of nitrogens with zero attached hydrogens (tertiary/aromatic N) is 4. The average molecular weight is 500 g/mol. The van der Waals surface area contributed by atoms with Gasteiger partial charge in [0.15, 0.2) is 5.69 Å². The Morgan fingerprint density at radius 2 is 1.86 bits per heavy atom. The van der Waals surface area contributed by atoms with Gasteiger partial charge in [0.2, 0.25) is 5.75 Å². The summed E-state index contributed by atoms with van der Waals surface area (Å²) in [6, 6.07) is 4.41. The second-order valence-corrected chi connectivity index (χ2v) is 9.85. The maximum atomic E-state index is 13.6. The second kappa shape index (κ2) is 9.36. The minimum Gasteiger partial charge on any atom is -0.501 e. The van der Waals surface area contributed by atoms with E-state index in [4.69, 9.17) is 0 Å². The Morgan fingerprint density at radius 1 is 1.19 bits per heavy atom. The zero-order valence-corrected chi connectivity index (χ0v) is 20.8. The lowest BCUT2D eigenvalue weighted by atomic mass is 9.76. The average Bonchev–Trinajstić information content (AvgIpc) is 3.12. The number of benzene rings is 1. The number of halogens is 1. The summed E-state index contributed by atoms with van der Waals surface area (Å²) in [7, 11) is 4.47. The molecule has 2 aromatic rings. The first-order valence-electron chi connectivity index (χ1n) is 11.8. The number of nitrogens with one attached hydrogen (secondary N) is 1. The largest absolute Gasteiger partial charge is 0.501 e. The van der Waals surface area contributed by atoms with Crippen LogP contribution in [-0.4, -0.2) is 63.3 Å². The molecule has 2 aliphatic heterocycles. The Balaban J connectivity index is 1.74. The van der Waals surface area contributed by atoms with E-state index in [0.717, 1.165) is 0 Å². The molecule has 1 aliphatic carbocycles. The lowest BCUT2D eigenvalue weighted by Crippen LogP contribution is -2.54. The van der Waals surface area contributed by atoms with Crippen molar-refractivity contribution in [3.05, 3.63) is 57.0 Å². The Morgan fingerprint density at radius 3 is 2.47 bits per heavy atom. The third kappa shape index (κ3) is 4.22. The predicted molar refractivity (Wildman–Crippen MR) is 128 cm³/mol. The van der Waals surface area contributed by atoms with Crippen LogP contribution >= 0.6 is 0 Å². The second-order valence-electron chi connectivity index (χ2n) is 9.85. The van der Waals surface area contributed by atoms with Crippen LogP contribution in [0, 0.1) is 18.7 Å². The molecule has 3 heterocycles. The van der Waals surface area contributed by atoms with E-state index >= 15 is 0 Å². The van der Waals surface area contributed by atoms with Crippen molar-refractivity contribution in [1.29, 1.82) is 0 Å². The summed E-state index contributed by atoms with van der Waals surface area (Å²) in [5.74, 6) is -3.04. The van der Waals surface area contributed by atoms with E-state index in [0.29, 0.717) is 43.4 Å². The maximum absolute atomic E-state index is 13.6. The number of likely N-dealkylation sites (N-methyl/N-ethyl adjacent to an activating group) is 2. The number of carbonyl (C=O) groups excluding carboxylic acids is 3. The molecule has 36 heavy (non-hydrogen) atoms. The molecule has 1 saturated carbocycles. The minimum absolute atomic E-state index is 0.0302. The number of carbonyl (C=O) groups is 3. The molecule has 2 bridgehead atoms. The number of aromatic hydroxyl groups is 1. The quantitative estimate of drug-likeness (QED) is 0.611. The van der Waals surface area contributed by atoms with E-state index in [1.54, 1.807) is 13.0 Å². The van der Waals surface area contributed by atoms with Crippen LogP contribution in [0.1, 0.15) is 53.1 Å². The van der Waals surface area contributed by atoms with Crippen LogP contribution in [0.3, 0.4) is 0 Å². The lowest BCUT2D eigenvalue weighted by Gasteiger charge is -2.43. The van der Waals surface area contributed by atoms with E-state index < -0.39 is 40.3 Å². The van der Waals surface area contributed by atoms with E-state index in [9.17, 15) is 28.7 Å². The molecule has 192 valence electrons. The van der Waals surface area contributed by atoms with E-state index in [2.05, 4.69) is 10.3 Å². The van der Waals surface area contributed by atoms with Gasteiger partial charge >= 0.3 is 11.8 Å². The summed E-state index contributed by atoms with van der Waals surface area (Å²) in [5.41, 5.74) is -1.24. The van der Waals surface area contributed by atoms with Crippen LogP contribution in [0.15, 0.2) is 23.0 Å². The molecule has 2 N–H and O–H groups in total. The van der Waals surface area contributed by atoms with Crippen LogP contribution < -0.4 is 10.9 Å². The molecule has 1 fully saturated rings. The molecule has 0 unspecified atom stereocenters. The third-order valence-electron chi connectivity index (χ3n) is 7.36. The Bertz CT molecular complexity index is 1300. The number of rotatable bonds is 4. The van der Waals surface area contributed by atoms with Crippen LogP contribution in [0.25, 0.3) is 0 Å².